The molecule has 1 saturated heterocycles. The van der Waals surface area contributed by atoms with Gasteiger partial charge >= 0.3 is 0 Å². The molecule has 1 aliphatic rings. The maximum Gasteiger partial charge on any atom is 0.245 e. The molecule has 128 valence electrons. The Balaban J connectivity index is 1.67. The summed E-state index contributed by atoms with van der Waals surface area (Å²) in [6, 6.07) is 8.10. The third kappa shape index (κ3) is 3.27. The van der Waals surface area contributed by atoms with Gasteiger partial charge in [0.05, 0.1) is 9.75 Å². The lowest BCUT2D eigenvalue weighted by molar-refractivity contribution is -0.122. The monoisotopic (exact) mass is 371 g/mol. The molecular formula is C17H17N5OS2. The molecule has 0 bridgehead atoms. The Morgan fingerprint density at radius 3 is 2.24 bits per heavy atom. The fourth-order valence-corrected chi connectivity index (χ4v) is 4.40. The van der Waals surface area contributed by atoms with Gasteiger partial charge in [-0.3, -0.25) is 4.79 Å². The normalized spacial score (nSPS) is 15.4. The lowest BCUT2D eigenvalue weighted by Gasteiger charge is -2.30. The van der Waals surface area contributed by atoms with Crippen LogP contribution in [0.3, 0.4) is 0 Å². The van der Waals surface area contributed by atoms with Crippen molar-refractivity contribution in [1.29, 1.82) is 0 Å². The number of carbonyl (C=O) groups is 1. The van der Waals surface area contributed by atoms with Gasteiger partial charge in [-0.1, -0.05) is 12.1 Å². The number of primary amides is 1. The summed E-state index contributed by atoms with van der Waals surface area (Å²) >= 11 is 3.27. The highest BCUT2D eigenvalue weighted by atomic mass is 32.1. The Hall–Kier alpha value is -2.32. The van der Waals surface area contributed by atoms with E-state index >= 15 is 0 Å². The number of piperidine rings is 1. The highest BCUT2D eigenvalue weighted by Gasteiger charge is 2.26. The van der Waals surface area contributed by atoms with Crippen LogP contribution >= 0.6 is 22.7 Å². The zero-order valence-corrected chi connectivity index (χ0v) is 15.1. The SMILES string of the molecule is NC(=O)C1CCN(c2nnc(-c3cccs3)c(-c3cccs3)n2)CC1. The van der Waals surface area contributed by atoms with Crippen LogP contribution in [0.1, 0.15) is 12.8 Å². The molecule has 6 nitrogen and oxygen atoms in total. The Morgan fingerprint density at radius 2 is 1.68 bits per heavy atom. The first-order valence-electron chi connectivity index (χ1n) is 8.09. The average Bonchev–Trinajstić information content (AvgIpc) is 3.35. The first-order valence-corrected chi connectivity index (χ1v) is 9.85. The van der Waals surface area contributed by atoms with Crippen LogP contribution in [0.4, 0.5) is 5.95 Å². The lowest BCUT2D eigenvalue weighted by Crippen LogP contribution is -2.39. The van der Waals surface area contributed by atoms with Crippen molar-refractivity contribution >= 4 is 34.5 Å². The van der Waals surface area contributed by atoms with Gasteiger partial charge < -0.3 is 10.6 Å². The van der Waals surface area contributed by atoms with Gasteiger partial charge in [0.2, 0.25) is 11.9 Å². The molecule has 0 aliphatic carbocycles. The molecule has 4 heterocycles. The highest BCUT2D eigenvalue weighted by molar-refractivity contribution is 7.14. The van der Waals surface area contributed by atoms with Gasteiger partial charge in [0.1, 0.15) is 11.4 Å². The van der Waals surface area contributed by atoms with Gasteiger partial charge in [0.25, 0.3) is 0 Å². The summed E-state index contributed by atoms with van der Waals surface area (Å²) in [7, 11) is 0. The van der Waals surface area contributed by atoms with E-state index in [1.54, 1.807) is 22.7 Å². The van der Waals surface area contributed by atoms with E-state index in [1.807, 2.05) is 29.0 Å². The van der Waals surface area contributed by atoms with Gasteiger partial charge in [0, 0.05) is 19.0 Å². The third-order valence-electron chi connectivity index (χ3n) is 4.36. The van der Waals surface area contributed by atoms with Crippen LogP contribution in [0, 0.1) is 5.92 Å². The van der Waals surface area contributed by atoms with Gasteiger partial charge in [0.15, 0.2) is 0 Å². The summed E-state index contributed by atoms with van der Waals surface area (Å²) < 4.78 is 0. The van der Waals surface area contributed by atoms with Gasteiger partial charge in [-0.2, -0.15) is 0 Å². The van der Waals surface area contributed by atoms with Crippen LogP contribution in [-0.2, 0) is 4.79 Å². The zero-order chi connectivity index (χ0) is 17.2. The van der Waals surface area contributed by atoms with Gasteiger partial charge in [-0.15, -0.1) is 32.9 Å². The second kappa shape index (κ2) is 6.89. The van der Waals surface area contributed by atoms with Crippen molar-refractivity contribution in [3.8, 4) is 21.1 Å². The fourth-order valence-electron chi connectivity index (χ4n) is 2.98. The standard InChI is InChI=1S/C17H17N5OS2/c18-16(23)11-5-7-22(8-6-11)17-19-14(12-3-1-9-24-12)15(20-21-17)13-4-2-10-25-13/h1-4,9-11H,5-8H2,(H2,18,23). The summed E-state index contributed by atoms with van der Waals surface area (Å²) in [6.45, 7) is 1.44. The Morgan fingerprint density at radius 1 is 1.04 bits per heavy atom. The molecule has 1 amide bonds. The number of thiophene rings is 2. The summed E-state index contributed by atoms with van der Waals surface area (Å²) in [4.78, 5) is 20.4. The number of hydrogen-bond donors (Lipinski definition) is 1. The summed E-state index contributed by atoms with van der Waals surface area (Å²) in [5.41, 5.74) is 7.09. The number of rotatable bonds is 4. The molecule has 2 N–H and O–H groups in total. The molecule has 0 aromatic carbocycles. The van der Waals surface area contributed by atoms with Crippen LogP contribution in [0.15, 0.2) is 35.0 Å². The number of amides is 1. The minimum atomic E-state index is -0.217. The number of hydrogen-bond acceptors (Lipinski definition) is 7. The predicted molar refractivity (Wildman–Crippen MR) is 101 cm³/mol. The lowest BCUT2D eigenvalue weighted by atomic mass is 9.96. The van der Waals surface area contributed by atoms with E-state index in [2.05, 4.69) is 21.2 Å². The van der Waals surface area contributed by atoms with Crippen LogP contribution in [-0.4, -0.2) is 34.2 Å². The van der Waals surface area contributed by atoms with E-state index in [-0.39, 0.29) is 11.8 Å². The van der Waals surface area contributed by atoms with Crippen molar-refractivity contribution in [3.05, 3.63) is 35.0 Å². The van der Waals surface area contributed by atoms with Crippen molar-refractivity contribution in [2.24, 2.45) is 11.7 Å². The van der Waals surface area contributed by atoms with Gasteiger partial charge in [-0.25, -0.2) is 4.98 Å². The summed E-state index contributed by atoms with van der Waals surface area (Å²) in [6.07, 6.45) is 1.47. The maximum atomic E-state index is 11.3. The second-order valence-corrected chi connectivity index (χ2v) is 7.82. The smallest absolute Gasteiger partial charge is 0.245 e. The maximum absolute atomic E-state index is 11.3. The summed E-state index contributed by atoms with van der Waals surface area (Å²) in [5.74, 6) is 0.351. The van der Waals surface area contributed by atoms with E-state index < -0.39 is 0 Å². The molecule has 1 aliphatic heterocycles. The first-order chi connectivity index (χ1) is 12.2. The Kier molecular flexibility index (Phi) is 4.46. The molecule has 0 spiro atoms. The minimum absolute atomic E-state index is 0.0497. The topological polar surface area (TPSA) is 85.0 Å². The number of carbonyl (C=O) groups excluding carboxylic acids is 1. The highest BCUT2D eigenvalue weighted by Crippen LogP contribution is 2.34. The molecule has 1 fully saturated rings. The molecule has 3 aromatic rings. The van der Waals surface area contributed by atoms with E-state index in [4.69, 9.17) is 10.7 Å². The molecule has 25 heavy (non-hydrogen) atoms. The number of nitrogens with two attached hydrogens (primary N) is 1. The Bertz CT molecular complexity index is 855. The number of aromatic nitrogens is 3. The largest absolute Gasteiger partial charge is 0.369 e. The molecular weight excluding hydrogens is 354 g/mol. The van der Waals surface area contributed by atoms with E-state index in [0.29, 0.717) is 5.95 Å². The van der Waals surface area contributed by atoms with Crippen LogP contribution in [0.5, 0.6) is 0 Å². The number of nitrogens with zero attached hydrogens (tertiary/aromatic N) is 4. The number of anilines is 1. The van der Waals surface area contributed by atoms with Crippen molar-refractivity contribution < 1.29 is 4.79 Å². The molecule has 0 radical (unpaired) electrons. The minimum Gasteiger partial charge on any atom is -0.369 e. The average molecular weight is 371 g/mol. The van der Waals surface area contributed by atoms with Crippen molar-refractivity contribution in [3.63, 3.8) is 0 Å². The van der Waals surface area contributed by atoms with Crippen molar-refractivity contribution in [2.75, 3.05) is 18.0 Å². The van der Waals surface area contributed by atoms with Crippen LogP contribution < -0.4 is 10.6 Å². The molecule has 8 heteroatoms. The molecule has 0 saturated carbocycles. The first kappa shape index (κ1) is 16.2. The van der Waals surface area contributed by atoms with E-state index in [1.165, 1.54) is 0 Å². The predicted octanol–water partition coefficient (Wildman–Crippen LogP) is 3.03. The molecule has 0 atom stereocenters. The van der Waals surface area contributed by atoms with Crippen LogP contribution in [0.25, 0.3) is 21.1 Å². The molecule has 0 unspecified atom stereocenters. The molecule has 3 aromatic heterocycles. The quantitative estimate of drug-likeness (QED) is 0.762. The third-order valence-corrected chi connectivity index (χ3v) is 6.12. The van der Waals surface area contributed by atoms with E-state index in [9.17, 15) is 4.79 Å². The van der Waals surface area contributed by atoms with Crippen molar-refractivity contribution in [2.45, 2.75) is 12.8 Å². The van der Waals surface area contributed by atoms with E-state index in [0.717, 1.165) is 47.1 Å². The Labute approximate surface area is 153 Å². The summed E-state index contributed by atoms with van der Waals surface area (Å²) in [5, 5.41) is 12.9. The zero-order valence-electron chi connectivity index (χ0n) is 13.5. The van der Waals surface area contributed by atoms with Crippen LogP contribution in [0.2, 0.25) is 0 Å². The second-order valence-electron chi connectivity index (χ2n) is 5.93. The molecule has 4 rings (SSSR count). The van der Waals surface area contributed by atoms with Crippen molar-refractivity contribution in [1.82, 2.24) is 15.2 Å². The fraction of sp³-hybridized carbons (Fsp3) is 0.294. The van der Waals surface area contributed by atoms with Gasteiger partial charge in [-0.05, 0) is 35.7 Å².